The fraction of sp³-hybridized carbons (Fsp3) is 0.583. The largest absolute Gasteiger partial charge is 0.383 e. The molecule has 0 bridgehead atoms. The number of nitrogens with zero attached hydrogens (tertiary/aromatic N) is 3. The van der Waals surface area contributed by atoms with E-state index in [1.165, 1.54) is 0 Å². The number of nitrogens with two attached hydrogens (primary N) is 1. The zero-order valence-electron chi connectivity index (χ0n) is 11.0. The summed E-state index contributed by atoms with van der Waals surface area (Å²) in [7, 11) is 1.64. The van der Waals surface area contributed by atoms with E-state index in [0.717, 1.165) is 6.54 Å². The Hall–Kier alpha value is -1.89. The van der Waals surface area contributed by atoms with Gasteiger partial charge in [0, 0.05) is 45.3 Å². The van der Waals surface area contributed by atoms with Crippen LogP contribution in [0.15, 0.2) is 12.3 Å². The molecule has 1 aliphatic rings. The molecule has 19 heavy (non-hydrogen) atoms. The molecule has 0 radical (unpaired) electrons. The number of ether oxygens (including phenoxy) is 1. The molecule has 7 heteroatoms. The van der Waals surface area contributed by atoms with Crippen molar-refractivity contribution in [3.05, 3.63) is 12.3 Å². The quantitative estimate of drug-likeness (QED) is 0.750. The highest BCUT2D eigenvalue weighted by Crippen LogP contribution is 2.18. The number of nitrogen functional groups attached to an aromatic ring is 1. The molecule has 1 saturated heterocycles. The van der Waals surface area contributed by atoms with Crippen molar-refractivity contribution in [1.82, 2.24) is 14.9 Å². The molecule has 104 valence electrons. The van der Waals surface area contributed by atoms with Gasteiger partial charge in [0.25, 0.3) is 0 Å². The molecule has 0 unspecified atom stereocenters. The van der Waals surface area contributed by atoms with Gasteiger partial charge in [-0.1, -0.05) is 0 Å². The second-order valence-electron chi connectivity index (χ2n) is 4.58. The molecular formula is C12H19N5O2. The first kappa shape index (κ1) is 13.5. The summed E-state index contributed by atoms with van der Waals surface area (Å²) in [6.07, 6.45) is 2.17. The van der Waals surface area contributed by atoms with E-state index in [2.05, 4.69) is 15.3 Å². The number of likely N-dealkylation sites (tertiary alicyclic amines) is 1. The van der Waals surface area contributed by atoms with Crippen molar-refractivity contribution in [2.75, 3.05) is 44.4 Å². The van der Waals surface area contributed by atoms with Crippen LogP contribution >= 0.6 is 0 Å². The van der Waals surface area contributed by atoms with Crippen molar-refractivity contribution < 1.29 is 9.53 Å². The molecule has 0 aromatic carbocycles. The van der Waals surface area contributed by atoms with Gasteiger partial charge < -0.3 is 20.7 Å². The predicted molar refractivity (Wildman–Crippen MR) is 71.5 cm³/mol. The molecule has 1 aromatic rings. The Labute approximate surface area is 112 Å². The van der Waals surface area contributed by atoms with Gasteiger partial charge in [-0.3, -0.25) is 4.79 Å². The number of hydrogen-bond acceptors (Lipinski definition) is 6. The van der Waals surface area contributed by atoms with E-state index in [1.807, 2.05) is 4.90 Å². The maximum Gasteiger partial charge on any atom is 0.223 e. The van der Waals surface area contributed by atoms with Crippen molar-refractivity contribution in [2.45, 2.75) is 6.42 Å². The van der Waals surface area contributed by atoms with Crippen LogP contribution in [0.5, 0.6) is 0 Å². The molecule has 7 nitrogen and oxygen atoms in total. The number of carbonyl (C=O) groups is 1. The van der Waals surface area contributed by atoms with Crippen molar-refractivity contribution in [2.24, 2.45) is 5.92 Å². The van der Waals surface area contributed by atoms with Crippen LogP contribution < -0.4 is 11.1 Å². The first-order valence-electron chi connectivity index (χ1n) is 6.28. The van der Waals surface area contributed by atoms with Gasteiger partial charge in [-0.15, -0.1) is 0 Å². The third-order valence-corrected chi connectivity index (χ3v) is 3.11. The van der Waals surface area contributed by atoms with Gasteiger partial charge in [0.2, 0.25) is 11.9 Å². The van der Waals surface area contributed by atoms with Crippen molar-refractivity contribution in [1.29, 1.82) is 0 Å². The maximum atomic E-state index is 11.8. The number of amides is 1. The Bertz CT molecular complexity index is 440. The van der Waals surface area contributed by atoms with Crippen LogP contribution in [0.1, 0.15) is 6.42 Å². The maximum absolute atomic E-state index is 11.8. The van der Waals surface area contributed by atoms with E-state index in [1.54, 1.807) is 19.4 Å². The van der Waals surface area contributed by atoms with Crippen LogP contribution in [0.2, 0.25) is 0 Å². The lowest BCUT2D eigenvalue weighted by Crippen LogP contribution is -2.29. The number of methoxy groups -OCH3 is 1. The van der Waals surface area contributed by atoms with Crippen molar-refractivity contribution in [3.63, 3.8) is 0 Å². The summed E-state index contributed by atoms with van der Waals surface area (Å²) < 4.78 is 4.99. The highest BCUT2D eigenvalue weighted by Gasteiger charge is 2.28. The van der Waals surface area contributed by atoms with Gasteiger partial charge in [-0.25, -0.2) is 4.98 Å². The molecule has 2 heterocycles. The zero-order chi connectivity index (χ0) is 13.7. The van der Waals surface area contributed by atoms with Gasteiger partial charge in [0.1, 0.15) is 5.82 Å². The lowest BCUT2D eigenvalue weighted by atomic mass is 10.1. The number of rotatable bonds is 6. The zero-order valence-corrected chi connectivity index (χ0v) is 11.0. The number of aromatic nitrogens is 2. The fourth-order valence-corrected chi connectivity index (χ4v) is 2.13. The minimum atomic E-state index is 0.186. The number of carbonyl (C=O) groups excluding carboxylic acids is 1. The number of nitrogens with one attached hydrogen (secondary N) is 1. The monoisotopic (exact) mass is 265 g/mol. The number of hydrogen-bond donors (Lipinski definition) is 2. The van der Waals surface area contributed by atoms with Gasteiger partial charge in [0.15, 0.2) is 0 Å². The Morgan fingerprint density at radius 1 is 1.63 bits per heavy atom. The highest BCUT2D eigenvalue weighted by molar-refractivity contribution is 5.78. The summed E-state index contributed by atoms with van der Waals surface area (Å²) in [5.74, 6) is 1.41. The van der Waals surface area contributed by atoms with Crippen LogP contribution in [0.25, 0.3) is 0 Å². The summed E-state index contributed by atoms with van der Waals surface area (Å²) >= 11 is 0. The van der Waals surface area contributed by atoms with E-state index in [-0.39, 0.29) is 11.9 Å². The summed E-state index contributed by atoms with van der Waals surface area (Å²) in [4.78, 5) is 21.5. The highest BCUT2D eigenvalue weighted by atomic mass is 16.5. The predicted octanol–water partition coefficient (Wildman–Crippen LogP) is -0.0344. The molecular weight excluding hydrogens is 246 g/mol. The molecule has 0 aliphatic carbocycles. The lowest BCUT2D eigenvalue weighted by molar-refractivity contribution is -0.128. The molecule has 1 fully saturated rings. The average molecular weight is 265 g/mol. The second-order valence-corrected chi connectivity index (χ2v) is 4.58. The smallest absolute Gasteiger partial charge is 0.223 e. The molecule has 1 aromatic heterocycles. The van der Waals surface area contributed by atoms with E-state index in [0.29, 0.717) is 37.9 Å². The van der Waals surface area contributed by atoms with Crippen molar-refractivity contribution >= 4 is 17.7 Å². The van der Waals surface area contributed by atoms with Crippen LogP contribution in [-0.2, 0) is 9.53 Å². The summed E-state index contributed by atoms with van der Waals surface area (Å²) in [5, 5.41) is 3.18. The van der Waals surface area contributed by atoms with E-state index in [9.17, 15) is 4.79 Å². The van der Waals surface area contributed by atoms with Gasteiger partial charge in [-0.2, -0.15) is 4.98 Å². The third kappa shape index (κ3) is 3.78. The van der Waals surface area contributed by atoms with Gasteiger partial charge in [-0.05, 0) is 6.07 Å². The van der Waals surface area contributed by atoms with E-state index in [4.69, 9.17) is 10.5 Å². The van der Waals surface area contributed by atoms with Gasteiger partial charge >= 0.3 is 0 Å². The van der Waals surface area contributed by atoms with Crippen LogP contribution in [0.4, 0.5) is 11.8 Å². The molecule has 3 N–H and O–H groups in total. The average Bonchev–Trinajstić information content (AvgIpc) is 2.75. The molecule has 2 rings (SSSR count). The molecule has 0 spiro atoms. The first-order valence-corrected chi connectivity index (χ1v) is 6.28. The number of anilines is 2. The van der Waals surface area contributed by atoms with Crippen LogP contribution in [0.3, 0.4) is 0 Å². The third-order valence-electron chi connectivity index (χ3n) is 3.11. The minimum Gasteiger partial charge on any atom is -0.383 e. The van der Waals surface area contributed by atoms with E-state index >= 15 is 0 Å². The van der Waals surface area contributed by atoms with E-state index < -0.39 is 0 Å². The minimum absolute atomic E-state index is 0.186. The normalized spacial score (nSPS) is 18.9. The lowest BCUT2D eigenvalue weighted by Gasteiger charge is -2.16. The summed E-state index contributed by atoms with van der Waals surface area (Å²) in [5.41, 5.74) is 5.50. The Balaban J connectivity index is 1.80. The summed E-state index contributed by atoms with van der Waals surface area (Å²) in [6.45, 7) is 2.70. The Morgan fingerprint density at radius 3 is 3.21 bits per heavy atom. The van der Waals surface area contributed by atoms with Crippen LogP contribution in [-0.4, -0.2) is 54.1 Å². The Morgan fingerprint density at radius 2 is 2.47 bits per heavy atom. The van der Waals surface area contributed by atoms with Crippen LogP contribution in [0, 0.1) is 5.92 Å². The first-order chi connectivity index (χ1) is 9.19. The topological polar surface area (TPSA) is 93.4 Å². The van der Waals surface area contributed by atoms with Gasteiger partial charge in [0.05, 0.1) is 6.61 Å². The molecule has 1 amide bonds. The second kappa shape index (κ2) is 6.33. The SMILES string of the molecule is COCCN1C[C@@H](CNc2ccnc(N)n2)CC1=O. The Kier molecular flexibility index (Phi) is 4.51. The molecule has 1 aliphatic heterocycles. The molecule has 0 saturated carbocycles. The van der Waals surface area contributed by atoms with Crippen molar-refractivity contribution in [3.8, 4) is 0 Å². The molecule has 1 atom stereocenters. The standard InChI is InChI=1S/C12H19N5O2/c1-19-5-4-17-8-9(6-11(17)18)7-15-10-2-3-14-12(13)16-10/h2-3,9H,4-8H2,1H3,(H3,13,14,15,16)/t9-/m1/s1. The fourth-order valence-electron chi connectivity index (χ4n) is 2.13. The summed E-state index contributed by atoms with van der Waals surface area (Å²) in [6, 6.07) is 1.76.